The fourth-order valence-corrected chi connectivity index (χ4v) is 2.90. The summed E-state index contributed by atoms with van der Waals surface area (Å²) in [5.74, 6) is 0.145. The van der Waals surface area contributed by atoms with Crippen LogP contribution in [0.25, 0.3) is 0 Å². The molecule has 0 radical (unpaired) electrons. The Morgan fingerprint density at radius 2 is 2.04 bits per heavy atom. The molecule has 2 aliphatic carbocycles. The molecule has 1 saturated carbocycles. The molecule has 0 unspecified atom stereocenters. The summed E-state index contributed by atoms with van der Waals surface area (Å²) < 4.78 is 0. The van der Waals surface area contributed by atoms with Crippen molar-refractivity contribution in [1.29, 1.82) is 0 Å². The third-order valence-electron chi connectivity index (χ3n) is 4.46. The van der Waals surface area contributed by atoms with Crippen LogP contribution >= 0.6 is 0 Å². The quantitative estimate of drug-likeness (QED) is 0.788. The van der Waals surface area contributed by atoms with E-state index in [1.165, 1.54) is 31.3 Å². The van der Waals surface area contributed by atoms with Crippen LogP contribution < -0.4 is 10.6 Å². The number of carbonyl (C=O) groups excluding carboxylic acids is 2. The Bertz CT molecular complexity index is 618. The minimum atomic E-state index is -0.0797. The Morgan fingerprint density at radius 3 is 2.78 bits per heavy atom. The van der Waals surface area contributed by atoms with Crippen molar-refractivity contribution >= 4 is 17.5 Å². The molecule has 0 saturated heterocycles. The van der Waals surface area contributed by atoms with E-state index in [2.05, 4.69) is 16.7 Å². The zero-order valence-electron chi connectivity index (χ0n) is 13.4. The molecular weight excluding hydrogens is 288 g/mol. The van der Waals surface area contributed by atoms with Crippen molar-refractivity contribution in [2.24, 2.45) is 5.92 Å². The molecule has 1 aromatic carbocycles. The van der Waals surface area contributed by atoms with Gasteiger partial charge in [-0.3, -0.25) is 9.59 Å². The number of benzene rings is 1. The number of carbonyl (C=O) groups is 2. The van der Waals surface area contributed by atoms with Crippen molar-refractivity contribution < 1.29 is 9.59 Å². The molecule has 1 fully saturated rings. The molecule has 2 amide bonds. The highest BCUT2D eigenvalue weighted by Crippen LogP contribution is 2.30. The average Bonchev–Trinajstić information content (AvgIpc) is 3.41. The van der Waals surface area contributed by atoms with Gasteiger partial charge < -0.3 is 10.6 Å². The normalized spacial score (nSPS) is 17.3. The summed E-state index contributed by atoms with van der Waals surface area (Å²) in [6.07, 6.45) is 10.1. The van der Waals surface area contributed by atoms with Gasteiger partial charge in [-0.05, 0) is 63.1 Å². The number of amides is 2. The van der Waals surface area contributed by atoms with E-state index in [0.717, 1.165) is 19.3 Å². The topological polar surface area (TPSA) is 58.2 Å². The van der Waals surface area contributed by atoms with Gasteiger partial charge >= 0.3 is 0 Å². The van der Waals surface area contributed by atoms with Crippen molar-refractivity contribution in [3.05, 3.63) is 41.5 Å². The number of hydrogen-bond donors (Lipinski definition) is 2. The van der Waals surface area contributed by atoms with Gasteiger partial charge in [-0.2, -0.15) is 0 Å². The van der Waals surface area contributed by atoms with Gasteiger partial charge in [-0.25, -0.2) is 0 Å². The van der Waals surface area contributed by atoms with Crippen LogP contribution in [0.2, 0.25) is 0 Å². The Hall–Kier alpha value is -2.10. The van der Waals surface area contributed by atoms with Crippen molar-refractivity contribution in [3.8, 4) is 0 Å². The molecular formula is C19H24N2O2. The van der Waals surface area contributed by atoms with Gasteiger partial charge in [0.25, 0.3) is 5.91 Å². The fourth-order valence-electron chi connectivity index (χ4n) is 2.90. The molecule has 3 rings (SSSR count). The zero-order valence-corrected chi connectivity index (χ0v) is 13.4. The van der Waals surface area contributed by atoms with Crippen LogP contribution in [0.15, 0.2) is 35.9 Å². The van der Waals surface area contributed by atoms with E-state index in [0.29, 0.717) is 17.8 Å². The number of nitrogens with one attached hydrogen (secondary N) is 2. The van der Waals surface area contributed by atoms with E-state index < -0.39 is 0 Å². The molecule has 0 aromatic heterocycles. The monoisotopic (exact) mass is 312 g/mol. The first-order chi connectivity index (χ1) is 11.2. The second-order valence-electron chi connectivity index (χ2n) is 6.46. The van der Waals surface area contributed by atoms with E-state index >= 15 is 0 Å². The molecule has 0 aliphatic heterocycles. The minimum absolute atomic E-state index is 0.0618. The highest BCUT2D eigenvalue weighted by Gasteiger charge is 2.29. The van der Waals surface area contributed by atoms with Gasteiger partial charge in [0.15, 0.2) is 0 Å². The highest BCUT2D eigenvalue weighted by molar-refractivity contribution is 5.98. The summed E-state index contributed by atoms with van der Waals surface area (Å²) in [6.45, 7) is 0.670. The van der Waals surface area contributed by atoms with Crippen LogP contribution in [-0.4, -0.2) is 18.4 Å². The minimum Gasteiger partial charge on any atom is -0.352 e. The van der Waals surface area contributed by atoms with E-state index in [-0.39, 0.29) is 17.7 Å². The summed E-state index contributed by atoms with van der Waals surface area (Å²) in [7, 11) is 0. The molecule has 1 aromatic rings. The van der Waals surface area contributed by atoms with Gasteiger partial charge in [-0.1, -0.05) is 17.7 Å². The number of hydrogen-bond acceptors (Lipinski definition) is 2. The Morgan fingerprint density at radius 1 is 1.17 bits per heavy atom. The van der Waals surface area contributed by atoms with Crippen LogP contribution in [0.5, 0.6) is 0 Å². The number of rotatable bonds is 6. The largest absolute Gasteiger partial charge is 0.352 e. The van der Waals surface area contributed by atoms with Crippen molar-refractivity contribution in [3.63, 3.8) is 0 Å². The molecule has 2 N–H and O–H groups in total. The van der Waals surface area contributed by atoms with E-state index in [1.54, 1.807) is 18.2 Å². The lowest BCUT2D eigenvalue weighted by Crippen LogP contribution is -2.25. The smallest absolute Gasteiger partial charge is 0.251 e. The Labute approximate surface area is 137 Å². The van der Waals surface area contributed by atoms with Crippen LogP contribution in [0.3, 0.4) is 0 Å². The highest BCUT2D eigenvalue weighted by atomic mass is 16.2. The van der Waals surface area contributed by atoms with Gasteiger partial charge in [-0.15, -0.1) is 0 Å². The summed E-state index contributed by atoms with van der Waals surface area (Å²) in [4.78, 5) is 24.0. The summed E-state index contributed by atoms with van der Waals surface area (Å²) in [5, 5.41) is 5.85. The number of allylic oxidation sites excluding steroid dienone is 1. The summed E-state index contributed by atoms with van der Waals surface area (Å²) in [6, 6.07) is 7.16. The molecule has 122 valence electrons. The number of anilines is 1. The maximum atomic E-state index is 12.2. The maximum absolute atomic E-state index is 12.2. The van der Waals surface area contributed by atoms with Crippen molar-refractivity contribution in [2.75, 3.05) is 11.9 Å². The summed E-state index contributed by atoms with van der Waals surface area (Å²) in [5.41, 5.74) is 2.75. The second-order valence-corrected chi connectivity index (χ2v) is 6.46. The van der Waals surface area contributed by atoms with Gasteiger partial charge in [0, 0.05) is 23.7 Å². The predicted octanol–water partition coefficient (Wildman–Crippen LogP) is 3.66. The van der Waals surface area contributed by atoms with Crippen molar-refractivity contribution in [1.82, 2.24) is 5.32 Å². The molecule has 4 heteroatoms. The fraction of sp³-hybridized carbons (Fsp3) is 0.474. The lowest BCUT2D eigenvalue weighted by atomic mass is 9.97. The lowest BCUT2D eigenvalue weighted by molar-refractivity contribution is -0.117. The predicted molar refractivity (Wildman–Crippen MR) is 91.3 cm³/mol. The standard InChI is InChI=1S/C19H24N2O2/c22-18(20-12-11-14-5-2-1-3-6-14)16-7-4-8-17(13-16)21-19(23)15-9-10-15/h4-5,7-8,13,15H,1-3,6,9-12H2,(H,20,22)(H,21,23). The maximum Gasteiger partial charge on any atom is 0.251 e. The van der Waals surface area contributed by atoms with E-state index in [1.807, 2.05) is 6.07 Å². The van der Waals surface area contributed by atoms with Gasteiger partial charge in [0.2, 0.25) is 5.91 Å². The van der Waals surface area contributed by atoms with Crippen LogP contribution in [0, 0.1) is 5.92 Å². The van der Waals surface area contributed by atoms with E-state index in [9.17, 15) is 9.59 Å². The van der Waals surface area contributed by atoms with Gasteiger partial charge in [0.05, 0.1) is 0 Å². The Balaban J connectivity index is 1.50. The van der Waals surface area contributed by atoms with Crippen LogP contribution in [0.1, 0.15) is 55.3 Å². The third-order valence-corrected chi connectivity index (χ3v) is 4.46. The van der Waals surface area contributed by atoms with E-state index in [4.69, 9.17) is 0 Å². The molecule has 4 nitrogen and oxygen atoms in total. The van der Waals surface area contributed by atoms with Crippen LogP contribution in [0.4, 0.5) is 5.69 Å². The molecule has 0 atom stereocenters. The zero-order chi connectivity index (χ0) is 16.1. The molecule has 23 heavy (non-hydrogen) atoms. The lowest BCUT2D eigenvalue weighted by Gasteiger charge is -2.13. The molecule has 0 spiro atoms. The third kappa shape index (κ3) is 4.68. The Kier molecular flexibility index (Phi) is 5.11. The van der Waals surface area contributed by atoms with Crippen LogP contribution in [-0.2, 0) is 4.79 Å². The first kappa shape index (κ1) is 15.8. The molecule has 0 heterocycles. The molecule has 2 aliphatic rings. The summed E-state index contributed by atoms with van der Waals surface area (Å²) >= 11 is 0. The SMILES string of the molecule is O=C(NCCC1=CCCCC1)c1cccc(NC(=O)C2CC2)c1. The van der Waals surface area contributed by atoms with Crippen molar-refractivity contribution in [2.45, 2.75) is 44.9 Å². The molecule has 0 bridgehead atoms. The first-order valence-corrected chi connectivity index (χ1v) is 8.59. The van der Waals surface area contributed by atoms with Gasteiger partial charge in [0.1, 0.15) is 0 Å². The average molecular weight is 312 g/mol. The first-order valence-electron chi connectivity index (χ1n) is 8.59. The second kappa shape index (κ2) is 7.44.